The van der Waals surface area contributed by atoms with Gasteiger partial charge in [0.1, 0.15) is 0 Å². The van der Waals surface area contributed by atoms with E-state index in [0.29, 0.717) is 25.0 Å². The Hall–Kier alpha value is -0.610. The maximum Gasteiger partial charge on any atom is 0.220 e. The Balaban J connectivity index is 2.16. The number of ether oxygens (including phenoxy) is 1. The van der Waals surface area contributed by atoms with Crippen LogP contribution in [0.4, 0.5) is 0 Å². The number of amides is 1. The van der Waals surface area contributed by atoms with E-state index in [9.17, 15) is 4.79 Å². The van der Waals surface area contributed by atoms with Crippen LogP contribution in [0.1, 0.15) is 26.2 Å². The molecule has 88 valence electrons. The maximum absolute atomic E-state index is 11.6. The van der Waals surface area contributed by atoms with Gasteiger partial charge in [0.15, 0.2) is 0 Å². The summed E-state index contributed by atoms with van der Waals surface area (Å²) in [5, 5.41) is 6.33. The molecular weight excluding hydrogens is 192 g/mol. The summed E-state index contributed by atoms with van der Waals surface area (Å²) in [4.78, 5) is 11.6. The van der Waals surface area contributed by atoms with Crippen molar-refractivity contribution < 1.29 is 9.53 Å². The van der Waals surface area contributed by atoms with Crippen molar-refractivity contribution in [2.75, 3.05) is 26.8 Å². The number of nitrogens with one attached hydrogen (secondary N) is 2. The molecule has 1 aliphatic heterocycles. The maximum atomic E-state index is 11.6. The Morgan fingerprint density at radius 2 is 2.47 bits per heavy atom. The summed E-state index contributed by atoms with van der Waals surface area (Å²) in [6.45, 7) is 4.66. The molecule has 0 spiro atoms. The summed E-state index contributed by atoms with van der Waals surface area (Å²) in [5.74, 6) is 0.444. The van der Waals surface area contributed by atoms with E-state index in [-0.39, 0.29) is 5.91 Å². The van der Waals surface area contributed by atoms with Crippen LogP contribution in [-0.4, -0.2) is 38.8 Å². The molecular formula is C11H22N2O2. The molecule has 1 fully saturated rings. The van der Waals surface area contributed by atoms with Gasteiger partial charge < -0.3 is 15.4 Å². The fourth-order valence-corrected chi connectivity index (χ4v) is 1.92. The third-order valence-corrected chi connectivity index (χ3v) is 2.65. The standard InChI is InChI=1S/C11H22N2O2/c1-9(8-15-2)6-11(14)13-10-4-3-5-12-7-10/h9-10,12H,3-8H2,1-2H3,(H,13,14)/t9?,10-/m1/s1. The predicted octanol–water partition coefficient (Wildman–Crippen LogP) is 0.527. The molecule has 1 heterocycles. The van der Waals surface area contributed by atoms with E-state index in [0.717, 1.165) is 25.9 Å². The third kappa shape index (κ3) is 5.14. The zero-order valence-corrected chi connectivity index (χ0v) is 9.71. The van der Waals surface area contributed by atoms with Crippen molar-refractivity contribution in [3.63, 3.8) is 0 Å². The lowest BCUT2D eigenvalue weighted by molar-refractivity contribution is -0.123. The summed E-state index contributed by atoms with van der Waals surface area (Å²) in [6, 6.07) is 0.320. The Bertz CT molecular complexity index is 191. The van der Waals surface area contributed by atoms with Crippen LogP contribution in [0.25, 0.3) is 0 Å². The average molecular weight is 214 g/mol. The minimum Gasteiger partial charge on any atom is -0.384 e. The second-order valence-corrected chi connectivity index (χ2v) is 4.38. The lowest BCUT2D eigenvalue weighted by Gasteiger charge is -2.24. The van der Waals surface area contributed by atoms with E-state index in [1.54, 1.807) is 7.11 Å². The van der Waals surface area contributed by atoms with E-state index < -0.39 is 0 Å². The van der Waals surface area contributed by atoms with Crippen molar-refractivity contribution >= 4 is 5.91 Å². The molecule has 4 heteroatoms. The number of methoxy groups -OCH3 is 1. The second-order valence-electron chi connectivity index (χ2n) is 4.38. The van der Waals surface area contributed by atoms with Crippen molar-refractivity contribution in [3.05, 3.63) is 0 Å². The molecule has 1 aliphatic rings. The van der Waals surface area contributed by atoms with Crippen LogP contribution < -0.4 is 10.6 Å². The van der Waals surface area contributed by atoms with Crippen LogP contribution >= 0.6 is 0 Å². The normalized spacial score (nSPS) is 23.5. The number of rotatable bonds is 5. The Labute approximate surface area is 91.8 Å². The van der Waals surface area contributed by atoms with Gasteiger partial charge in [0, 0.05) is 32.7 Å². The van der Waals surface area contributed by atoms with Crippen molar-refractivity contribution in [2.45, 2.75) is 32.2 Å². The number of hydrogen-bond donors (Lipinski definition) is 2. The zero-order valence-electron chi connectivity index (χ0n) is 9.71. The molecule has 1 amide bonds. The van der Waals surface area contributed by atoms with Gasteiger partial charge in [-0.2, -0.15) is 0 Å². The molecule has 1 rings (SSSR count). The van der Waals surface area contributed by atoms with E-state index in [4.69, 9.17) is 4.74 Å². The van der Waals surface area contributed by atoms with Gasteiger partial charge in [0.25, 0.3) is 0 Å². The van der Waals surface area contributed by atoms with Gasteiger partial charge in [-0.1, -0.05) is 6.92 Å². The summed E-state index contributed by atoms with van der Waals surface area (Å²) in [7, 11) is 1.67. The van der Waals surface area contributed by atoms with E-state index in [1.165, 1.54) is 0 Å². The van der Waals surface area contributed by atoms with Gasteiger partial charge in [0.05, 0.1) is 0 Å². The van der Waals surface area contributed by atoms with Crippen molar-refractivity contribution in [2.24, 2.45) is 5.92 Å². The van der Waals surface area contributed by atoms with Gasteiger partial charge >= 0.3 is 0 Å². The first-order chi connectivity index (χ1) is 7.22. The lowest BCUT2D eigenvalue weighted by Crippen LogP contribution is -2.46. The molecule has 4 nitrogen and oxygen atoms in total. The molecule has 0 aromatic carbocycles. The molecule has 2 N–H and O–H groups in total. The van der Waals surface area contributed by atoms with Crippen molar-refractivity contribution in [1.82, 2.24) is 10.6 Å². The average Bonchev–Trinajstić information content (AvgIpc) is 2.19. The molecule has 1 unspecified atom stereocenters. The summed E-state index contributed by atoms with van der Waals surface area (Å²) < 4.78 is 5.00. The second kappa shape index (κ2) is 6.80. The van der Waals surface area contributed by atoms with Gasteiger partial charge in [-0.05, 0) is 25.3 Å². The Morgan fingerprint density at radius 3 is 3.07 bits per heavy atom. The van der Waals surface area contributed by atoms with Gasteiger partial charge in [-0.3, -0.25) is 4.79 Å². The highest BCUT2D eigenvalue weighted by Crippen LogP contribution is 2.05. The first kappa shape index (κ1) is 12.5. The third-order valence-electron chi connectivity index (χ3n) is 2.65. The van der Waals surface area contributed by atoms with E-state index >= 15 is 0 Å². The minimum atomic E-state index is 0.147. The zero-order chi connectivity index (χ0) is 11.1. The summed E-state index contributed by atoms with van der Waals surface area (Å²) >= 11 is 0. The molecule has 1 saturated heterocycles. The predicted molar refractivity (Wildman–Crippen MR) is 59.7 cm³/mol. The quantitative estimate of drug-likeness (QED) is 0.702. The molecule has 0 aromatic rings. The largest absolute Gasteiger partial charge is 0.384 e. The number of piperidine rings is 1. The van der Waals surface area contributed by atoms with Crippen LogP contribution in [0.5, 0.6) is 0 Å². The topological polar surface area (TPSA) is 50.4 Å². The summed E-state index contributed by atoms with van der Waals surface area (Å²) in [5.41, 5.74) is 0. The molecule has 0 bridgehead atoms. The highest BCUT2D eigenvalue weighted by molar-refractivity contribution is 5.76. The Morgan fingerprint density at radius 1 is 1.67 bits per heavy atom. The van der Waals surface area contributed by atoms with Crippen LogP contribution in [0, 0.1) is 5.92 Å². The van der Waals surface area contributed by atoms with E-state index in [1.807, 2.05) is 6.92 Å². The molecule has 15 heavy (non-hydrogen) atoms. The fraction of sp³-hybridized carbons (Fsp3) is 0.909. The van der Waals surface area contributed by atoms with Crippen LogP contribution in [0.15, 0.2) is 0 Å². The highest BCUT2D eigenvalue weighted by Gasteiger charge is 2.16. The highest BCUT2D eigenvalue weighted by atomic mass is 16.5. The number of hydrogen-bond acceptors (Lipinski definition) is 3. The lowest BCUT2D eigenvalue weighted by atomic mass is 10.1. The fourth-order valence-electron chi connectivity index (χ4n) is 1.92. The van der Waals surface area contributed by atoms with Crippen LogP contribution in [-0.2, 0) is 9.53 Å². The minimum absolute atomic E-state index is 0.147. The molecule has 0 radical (unpaired) electrons. The molecule has 0 saturated carbocycles. The number of carbonyl (C=O) groups is 1. The van der Waals surface area contributed by atoms with E-state index in [2.05, 4.69) is 10.6 Å². The van der Waals surface area contributed by atoms with Crippen molar-refractivity contribution in [1.29, 1.82) is 0 Å². The van der Waals surface area contributed by atoms with Gasteiger partial charge in [-0.25, -0.2) is 0 Å². The van der Waals surface area contributed by atoms with Crippen LogP contribution in [0.3, 0.4) is 0 Å². The molecule has 2 atom stereocenters. The van der Waals surface area contributed by atoms with Gasteiger partial charge in [-0.15, -0.1) is 0 Å². The van der Waals surface area contributed by atoms with Crippen LogP contribution in [0.2, 0.25) is 0 Å². The Kier molecular flexibility index (Phi) is 5.65. The molecule has 0 aromatic heterocycles. The monoisotopic (exact) mass is 214 g/mol. The smallest absolute Gasteiger partial charge is 0.220 e. The first-order valence-electron chi connectivity index (χ1n) is 5.71. The SMILES string of the molecule is COCC(C)CC(=O)N[C@@H]1CCCNC1. The van der Waals surface area contributed by atoms with Gasteiger partial charge in [0.2, 0.25) is 5.91 Å². The first-order valence-corrected chi connectivity index (χ1v) is 5.71. The molecule has 0 aliphatic carbocycles. The van der Waals surface area contributed by atoms with Crippen molar-refractivity contribution in [3.8, 4) is 0 Å². The number of carbonyl (C=O) groups excluding carboxylic acids is 1. The summed E-state index contributed by atoms with van der Waals surface area (Å²) in [6.07, 6.45) is 2.81.